The molecule has 2 heterocycles. The first kappa shape index (κ1) is 14.4. The van der Waals surface area contributed by atoms with Crippen LogP contribution in [0.5, 0.6) is 0 Å². The van der Waals surface area contributed by atoms with Gasteiger partial charge in [-0.25, -0.2) is 0 Å². The van der Waals surface area contributed by atoms with E-state index in [1.54, 1.807) is 7.05 Å². The number of nitrogens with one attached hydrogen (secondary N) is 2. The van der Waals surface area contributed by atoms with Crippen molar-refractivity contribution in [1.82, 2.24) is 10.2 Å². The molecule has 0 spiro atoms. The van der Waals surface area contributed by atoms with Gasteiger partial charge in [0.15, 0.2) is 0 Å². The second kappa shape index (κ2) is 6.06. The summed E-state index contributed by atoms with van der Waals surface area (Å²) in [5.74, 6) is -0.0123. The van der Waals surface area contributed by atoms with Crippen LogP contribution in [-0.4, -0.2) is 43.0 Å². The minimum atomic E-state index is -0.0123. The van der Waals surface area contributed by atoms with E-state index in [4.69, 9.17) is 0 Å². The number of amides is 1. The van der Waals surface area contributed by atoms with Gasteiger partial charge < -0.3 is 15.5 Å². The third-order valence-corrected chi connectivity index (χ3v) is 4.99. The van der Waals surface area contributed by atoms with Crippen molar-refractivity contribution in [3.8, 4) is 0 Å². The topological polar surface area (TPSA) is 44.4 Å². The minimum Gasteiger partial charge on any atom is -0.382 e. The van der Waals surface area contributed by atoms with Crippen LogP contribution in [-0.2, 0) is 0 Å². The lowest BCUT2D eigenvalue weighted by molar-refractivity contribution is 0.0962. The Labute approximate surface area is 126 Å². The monoisotopic (exact) mass is 287 g/mol. The lowest BCUT2D eigenvalue weighted by Crippen LogP contribution is -2.42. The summed E-state index contributed by atoms with van der Waals surface area (Å²) in [6.07, 6.45) is 5.11. The van der Waals surface area contributed by atoms with Gasteiger partial charge in [0, 0.05) is 36.9 Å². The van der Waals surface area contributed by atoms with Crippen LogP contribution < -0.4 is 10.6 Å². The summed E-state index contributed by atoms with van der Waals surface area (Å²) in [5.41, 5.74) is 2.92. The zero-order valence-electron chi connectivity index (χ0n) is 13.0. The van der Waals surface area contributed by atoms with E-state index in [2.05, 4.69) is 21.6 Å². The van der Waals surface area contributed by atoms with Crippen LogP contribution in [0, 0.1) is 6.92 Å². The van der Waals surface area contributed by atoms with E-state index in [-0.39, 0.29) is 5.91 Å². The average Bonchev–Trinajstić information content (AvgIpc) is 2.96. The molecule has 4 heteroatoms. The molecule has 0 aromatic heterocycles. The Morgan fingerprint density at radius 3 is 2.95 bits per heavy atom. The quantitative estimate of drug-likeness (QED) is 0.897. The van der Waals surface area contributed by atoms with Gasteiger partial charge in [-0.1, -0.05) is 6.07 Å². The maximum absolute atomic E-state index is 11.9. The van der Waals surface area contributed by atoms with Crippen molar-refractivity contribution < 1.29 is 4.79 Å². The fourth-order valence-electron chi connectivity index (χ4n) is 3.75. The van der Waals surface area contributed by atoms with Crippen LogP contribution in [0.4, 0.5) is 5.69 Å². The van der Waals surface area contributed by atoms with Crippen molar-refractivity contribution >= 4 is 11.6 Å². The molecule has 0 radical (unpaired) electrons. The second-order valence-corrected chi connectivity index (χ2v) is 6.25. The van der Waals surface area contributed by atoms with E-state index in [9.17, 15) is 4.79 Å². The van der Waals surface area contributed by atoms with Gasteiger partial charge >= 0.3 is 0 Å². The number of benzene rings is 1. The molecule has 21 heavy (non-hydrogen) atoms. The molecule has 1 aromatic carbocycles. The van der Waals surface area contributed by atoms with Gasteiger partial charge in [-0.05, 0) is 56.8 Å². The van der Waals surface area contributed by atoms with E-state index in [1.165, 1.54) is 38.8 Å². The molecule has 2 aliphatic rings. The van der Waals surface area contributed by atoms with Crippen molar-refractivity contribution in [2.75, 3.05) is 25.5 Å². The van der Waals surface area contributed by atoms with E-state index in [0.717, 1.165) is 22.9 Å². The highest BCUT2D eigenvalue weighted by Crippen LogP contribution is 2.29. The third kappa shape index (κ3) is 2.91. The van der Waals surface area contributed by atoms with Gasteiger partial charge in [-0.15, -0.1) is 0 Å². The fourth-order valence-corrected chi connectivity index (χ4v) is 3.75. The average molecular weight is 287 g/mol. The van der Waals surface area contributed by atoms with Crippen LogP contribution in [0.25, 0.3) is 0 Å². The highest BCUT2D eigenvalue weighted by molar-refractivity contribution is 5.96. The van der Waals surface area contributed by atoms with Crippen LogP contribution in [0.2, 0.25) is 0 Å². The smallest absolute Gasteiger partial charge is 0.251 e. The lowest BCUT2D eigenvalue weighted by atomic mass is 9.96. The Kier molecular flexibility index (Phi) is 4.15. The van der Waals surface area contributed by atoms with Crippen molar-refractivity contribution in [1.29, 1.82) is 0 Å². The van der Waals surface area contributed by atoms with Crippen molar-refractivity contribution in [3.05, 3.63) is 29.3 Å². The number of carbonyl (C=O) groups excluding carboxylic acids is 1. The van der Waals surface area contributed by atoms with E-state index >= 15 is 0 Å². The molecule has 4 nitrogen and oxygen atoms in total. The Hall–Kier alpha value is -1.55. The molecule has 2 atom stereocenters. The summed E-state index contributed by atoms with van der Waals surface area (Å²) in [7, 11) is 1.68. The van der Waals surface area contributed by atoms with Gasteiger partial charge in [0.25, 0.3) is 5.91 Å². The Morgan fingerprint density at radius 1 is 1.29 bits per heavy atom. The molecule has 3 rings (SSSR count). The first-order valence-electron chi connectivity index (χ1n) is 8.01. The maximum Gasteiger partial charge on any atom is 0.251 e. The van der Waals surface area contributed by atoms with Crippen molar-refractivity contribution in [3.63, 3.8) is 0 Å². The molecule has 0 aliphatic carbocycles. The van der Waals surface area contributed by atoms with Crippen LogP contribution in [0.15, 0.2) is 18.2 Å². The summed E-state index contributed by atoms with van der Waals surface area (Å²) in [6, 6.07) is 7.23. The molecule has 2 fully saturated rings. The van der Waals surface area contributed by atoms with Gasteiger partial charge in [0.05, 0.1) is 0 Å². The molecule has 0 bridgehead atoms. The minimum absolute atomic E-state index is 0.0123. The Morgan fingerprint density at radius 2 is 2.14 bits per heavy atom. The SMILES string of the molecule is CNC(=O)c1cccc(NC2CCN3CCCC3C2)c1C. The third-order valence-electron chi connectivity index (χ3n) is 4.99. The standard InChI is InChI=1S/C17H25N3O/c1-12-15(17(21)18-2)6-3-7-16(12)19-13-8-10-20-9-4-5-14(20)11-13/h3,6-7,13-14,19H,4-5,8-11H2,1-2H3,(H,18,21). The number of nitrogens with zero attached hydrogens (tertiary/aromatic N) is 1. The molecule has 1 aromatic rings. The summed E-state index contributed by atoms with van der Waals surface area (Å²) in [5, 5.41) is 6.38. The van der Waals surface area contributed by atoms with Gasteiger partial charge in [0.2, 0.25) is 0 Å². The van der Waals surface area contributed by atoms with Crippen LogP contribution >= 0.6 is 0 Å². The van der Waals surface area contributed by atoms with Gasteiger partial charge in [0.1, 0.15) is 0 Å². The normalized spacial score (nSPS) is 25.4. The van der Waals surface area contributed by atoms with Gasteiger partial charge in [-0.3, -0.25) is 4.79 Å². The highest BCUT2D eigenvalue weighted by atomic mass is 16.1. The maximum atomic E-state index is 11.9. The molecule has 2 saturated heterocycles. The molecular formula is C17H25N3O. The lowest BCUT2D eigenvalue weighted by Gasteiger charge is -2.36. The number of hydrogen-bond acceptors (Lipinski definition) is 3. The molecule has 1 amide bonds. The first-order valence-corrected chi connectivity index (χ1v) is 8.01. The number of fused-ring (bicyclic) bond motifs is 1. The molecule has 114 valence electrons. The number of anilines is 1. The zero-order chi connectivity index (χ0) is 14.8. The van der Waals surface area contributed by atoms with E-state index < -0.39 is 0 Å². The number of carbonyl (C=O) groups is 1. The van der Waals surface area contributed by atoms with Crippen LogP contribution in [0.1, 0.15) is 41.6 Å². The zero-order valence-corrected chi connectivity index (χ0v) is 13.0. The largest absolute Gasteiger partial charge is 0.382 e. The van der Waals surface area contributed by atoms with Gasteiger partial charge in [-0.2, -0.15) is 0 Å². The Balaban J connectivity index is 1.71. The molecule has 2 unspecified atom stereocenters. The Bertz CT molecular complexity index is 529. The summed E-state index contributed by atoms with van der Waals surface area (Å²) in [6.45, 7) is 4.51. The van der Waals surface area contributed by atoms with Crippen molar-refractivity contribution in [2.45, 2.75) is 44.7 Å². The fraction of sp³-hybridized carbons (Fsp3) is 0.588. The predicted octanol–water partition coefficient (Wildman–Crippen LogP) is 2.39. The van der Waals surface area contributed by atoms with Crippen molar-refractivity contribution in [2.24, 2.45) is 0 Å². The molecular weight excluding hydrogens is 262 g/mol. The highest BCUT2D eigenvalue weighted by Gasteiger charge is 2.31. The summed E-state index contributed by atoms with van der Waals surface area (Å²) < 4.78 is 0. The second-order valence-electron chi connectivity index (χ2n) is 6.25. The van der Waals surface area contributed by atoms with E-state index in [1.807, 2.05) is 19.1 Å². The number of piperidine rings is 1. The summed E-state index contributed by atoms with van der Waals surface area (Å²) in [4.78, 5) is 14.5. The number of hydrogen-bond donors (Lipinski definition) is 2. The van der Waals surface area contributed by atoms with E-state index in [0.29, 0.717) is 6.04 Å². The summed E-state index contributed by atoms with van der Waals surface area (Å²) >= 11 is 0. The molecule has 2 aliphatic heterocycles. The predicted molar refractivity (Wildman–Crippen MR) is 85.8 cm³/mol. The first-order chi connectivity index (χ1) is 10.2. The molecule has 0 saturated carbocycles. The van der Waals surface area contributed by atoms with Crippen LogP contribution in [0.3, 0.4) is 0 Å². The molecule has 2 N–H and O–H groups in total. The number of rotatable bonds is 3.